The number of nitrogens with one attached hydrogen (secondary N) is 2. The van der Waals surface area contributed by atoms with Crippen molar-refractivity contribution >= 4 is 28.5 Å². The Hall–Kier alpha value is -3.03. The predicted molar refractivity (Wildman–Crippen MR) is 102 cm³/mol. The molecule has 2 atom stereocenters. The van der Waals surface area contributed by atoms with E-state index in [9.17, 15) is 9.59 Å². The van der Waals surface area contributed by atoms with Crippen molar-refractivity contribution in [1.82, 2.24) is 15.6 Å². The van der Waals surface area contributed by atoms with E-state index in [0.717, 1.165) is 23.1 Å². The van der Waals surface area contributed by atoms with Gasteiger partial charge in [0.15, 0.2) is 0 Å². The fourth-order valence-corrected chi connectivity index (χ4v) is 3.84. The number of nitrogens with two attached hydrogens (primary N) is 1. The highest BCUT2D eigenvalue weighted by Gasteiger charge is 2.37. The van der Waals surface area contributed by atoms with Crippen molar-refractivity contribution in [2.45, 2.75) is 26.0 Å². The van der Waals surface area contributed by atoms with Gasteiger partial charge in [-0.3, -0.25) is 4.79 Å². The number of pyridine rings is 1. The van der Waals surface area contributed by atoms with Crippen LogP contribution in [0.5, 0.6) is 5.75 Å². The molecular formula is C19H23N5O3. The number of hydrogen-bond acceptors (Lipinski definition) is 5. The van der Waals surface area contributed by atoms with Gasteiger partial charge in [-0.05, 0) is 37.4 Å². The van der Waals surface area contributed by atoms with Crippen molar-refractivity contribution in [3.63, 3.8) is 0 Å². The molecule has 8 heteroatoms. The lowest BCUT2D eigenvalue weighted by atomic mass is 10.0. The van der Waals surface area contributed by atoms with Crippen LogP contribution >= 0.6 is 0 Å². The topological polar surface area (TPSA) is 110 Å². The molecule has 2 unspecified atom stereocenters. The normalized spacial score (nSPS) is 21.7. The molecule has 0 spiro atoms. The zero-order valence-electron chi connectivity index (χ0n) is 15.4. The van der Waals surface area contributed by atoms with E-state index in [1.807, 2.05) is 26.0 Å². The van der Waals surface area contributed by atoms with E-state index in [1.165, 1.54) is 0 Å². The molecule has 2 aliphatic heterocycles. The van der Waals surface area contributed by atoms with Crippen LogP contribution in [0, 0.1) is 5.92 Å². The smallest absolute Gasteiger partial charge is 0.315 e. The van der Waals surface area contributed by atoms with Gasteiger partial charge in [-0.25, -0.2) is 9.78 Å². The predicted octanol–water partition coefficient (Wildman–Crippen LogP) is 1.24. The zero-order valence-corrected chi connectivity index (χ0v) is 15.4. The monoisotopic (exact) mass is 369 g/mol. The molecule has 27 heavy (non-hydrogen) atoms. The van der Waals surface area contributed by atoms with Crippen LogP contribution in [-0.2, 0) is 0 Å². The summed E-state index contributed by atoms with van der Waals surface area (Å²) in [7, 11) is 0. The Balaban J connectivity index is 1.75. The largest absolute Gasteiger partial charge is 0.490 e. The third kappa shape index (κ3) is 3.22. The highest BCUT2D eigenvalue weighted by molar-refractivity contribution is 6.03. The number of urea groups is 1. The molecule has 0 aliphatic carbocycles. The van der Waals surface area contributed by atoms with E-state index < -0.39 is 5.91 Å². The van der Waals surface area contributed by atoms with Gasteiger partial charge in [0.2, 0.25) is 0 Å². The first-order chi connectivity index (χ1) is 12.9. The molecule has 2 saturated heterocycles. The fraction of sp³-hybridized carbons (Fsp3) is 0.421. The Kier molecular flexibility index (Phi) is 4.25. The Labute approximate surface area is 157 Å². The Morgan fingerprint density at radius 1 is 1.37 bits per heavy atom. The van der Waals surface area contributed by atoms with Crippen LogP contribution in [0.4, 0.5) is 10.6 Å². The maximum Gasteiger partial charge on any atom is 0.315 e. The van der Waals surface area contributed by atoms with Crippen molar-refractivity contribution in [1.29, 1.82) is 0 Å². The first kappa shape index (κ1) is 17.4. The first-order valence-electron chi connectivity index (χ1n) is 9.11. The van der Waals surface area contributed by atoms with Crippen LogP contribution in [0.1, 0.15) is 24.2 Å². The van der Waals surface area contributed by atoms with Crippen LogP contribution < -0.4 is 26.0 Å². The van der Waals surface area contributed by atoms with Crippen LogP contribution in [0.25, 0.3) is 10.8 Å². The van der Waals surface area contributed by atoms with Crippen molar-refractivity contribution in [3.05, 3.63) is 30.0 Å². The first-order valence-corrected chi connectivity index (χ1v) is 9.11. The molecular weight excluding hydrogens is 346 g/mol. The van der Waals surface area contributed by atoms with E-state index in [0.29, 0.717) is 30.3 Å². The Morgan fingerprint density at radius 3 is 2.93 bits per heavy atom. The lowest BCUT2D eigenvalue weighted by Crippen LogP contribution is -2.54. The molecule has 1 aromatic heterocycles. The van der Waals surface area contributed by atoms with Gasteiger partial charge in [-0.2, -0.15) is 0 Å². The molecule has 2 aromatic rings. The summed E-state index contributed by atoms with van der Waals surface area (Å²) < 4.78 is 5.83. The van der Waals surface area contributed by atoms with Crippen LogP contribution in [0.2, 0.25) is 0 Å². The summed E-state index contributed by atoms with van der Waals surface area (Å²) in [6, 6.07) is 5.44. The van der Waals surface area contributed by atoms with Gasteiger partial charge in [-0.1, -0.05) is 0 Å². The molecule has 2 fully saturated rings. The van der Waals surface area contributed by atoms with Gasteiger partial charge < -0.3 is 26.0 Å². The van der Waals surface area contributed by atoms with Crippen molar-refractivity contribution in [2.24, 2.45) is 11.7 Å². The van der Waals surface area contributed by atoms with Crippen molar-refractivity contribution < 1.29 is 14.3 Å². The molecule has 0 radical (unpaired) electrons. The lowest BCUT2D eigenvalue weighted by molar-refractivity contribution is 0.0994. The summed E-state index contributed by atoms with van der Waals surface area (Å²) in [6.07, 6.45) is 1.64. The standard InChI is InChI=1S/C19H23N5O3/c1-10(2)27-16-6-13-11(5-14(16)17(20)25)3-4-21-18(13)24-8-12-7-22-19(26)23-15(12)9-24/h3-6,10,12,15H,7-9H2,1-2H3,(H2,20,25)(H2,22,23,26). The fourth-order valence-electron chi connectivity index (χ4n) is 3.84. The molecule has 4 N–H and O–H groups in total. The molecule has 0 saturated carbocycles. The number of hydrogen-bond donors (Lipinski definition) is 3. The molecule has 3 amide bonds. The second-order valence-corrected chi connectivity index (χ2v) is 7.36. The zero-order chi connectivity index (χ0) is 19.1. The van der Waals surface area contributed by atoms with Gasteiger partial charge in [0.1, 0.15) is 11.6 Å². The third-order valence-corrected chi connectivity index (χ3v) is 5.05. The van der Waals surface area contributed by atoms with E-state index in [2.05, 4.69) is 20.5 Å². The van der Waals surface area contributed by atoms with Gasteiger partial charge in [-0.15, -0.1) is 0 Å². The number of carbonyl (C=O) groups excluding carboxylic acids is 2. The van der Waals surface area contributed by atoms with E-state index >= 15 is 0 Å². The lowest BCUT2D eigenvalue weighted by Gasteiger charge is -2.25. The molecule has 3 heterocycles. The van der Waals surface area contributed by atoms with Gasteiger partial charge in [0.25, 0.3) is 5.91 Å². The molecule has 8 nitrogen and oxygen atoms in total. The second-order valence-electron chi connectivity index (χ2n) is 7.36. The molecule has 0 bridgehead atoms. The Bertz CT molecular complexity index is 914. The minimum atomic E-state index is -0.521. The quantitative estimate of drug-likeness (QED) is 0.751. The van der Waals surface area contributed by atoms with Gasteiger partial charge in [0, 0.05) is 37.1 Å². The Morgan fingerprint density at radius 2 is 2.19 bits per heavy atom. The number of ether oxygens (including phenoxy) is 1. The summed E-state index contributed by atoms with van der Waals surface area (Å²) in [5, 5.41) is 7.60. The second kappa shape index (κ2) is 6.61. The van der Waals surface area contributed by atoms with Crippen LogP contribution in [-0.4, -0.2) is 48.7 Å². The highest BCUT2D eigenvalue weighted by atomic mass is 16.5. The molecule has 4 rings (SSSR count). The average molecular weight is 369 g/mol. The summed E-state index contributed by atoms with van der Waals surface area (Å²) in [5.41, 5.74) is 5.90. The number of aromatic nitrogens is 1. The number of nitrogens with zero attached hydrogens (tertiary/aromatic N) is 2. The number of benzene rings is 1. The van der Waals surface area contributed by atoms with Gasteiger partial charge in [0.05, 0.1) is 17.7 Å². The van der Waals surface area contributed by atoms with Crippen molar-refractivity contribution in [3.8, 4) is 5.75 Å². The van der Waals surface area contributed by atoms with Crippen molar-refractivity contribution in [2.75, 3.05) is 24.5 Å². The summed E-state index contributed by atoms with van der Waals surface area (Å²) in [4.78, 5) is 30.2. The van der Waals surface area contributed by atoms with E-state index in [1.54, 1.807) is 12.3 Å². The third-order valence-electron chi connectivity index (χ3n) is 5.05. The number of anilines is 1. The number of fused-ring (bicyclic) bond motifs is 2. The maximum atomic E-state index is 11.9. The molecule has 1 aromatic carbocycles. The minimum absolute atomic E-state index is 0.0865. The summed E-state index contributed by atoms with van der Waals surface area (Å²) in [5.74, 6) is 1.09. The highest BCUT2D eigenvalue weighted by Crippen LogP contribution is 2.34. The van der Waals surface area contributed by atoms with Crippen LogP contribution in [0.15, 0.2) is 24.4 Å². The van der Waals surface area contributed by atoms with E-state index in [4.69, 9.17) is 10.5 Å². The summed E-state index contributed by atoms with van der Waals surface area (Å²) in [6.45, 7) is 5.95. The molecule has 2 aliphatic rings. The maximum absolute atomic E-state index is 11.9. The number of carbonyl (C=O) groups is 2. The molecule has 142 valence electrons. The summed E-state index contributed by atoms with van der Waals surface area (Å²) >= 11 is 0. The number of primary amides is 1. The average Bonchev–Trinajstić information content (AvgIpc) is 3.02. The van der Waals surface area contributed by atoms with E-state index in [-0.39, 0.29) is 18.2 Å². The van der Waals surface area contributed by atoms with Gasteiger partial charge >= 0.3 is 6.03 Å². The van der Waals surface area contributed by atoms with Crippen LogP contribution in [0.3, 0.4) is 0 Å². The number of amides is 3. The minimum Gasteiger partial charge on any atom is -0.490 e. The SMILES string of the molecule is CC(C)Oc1cc2c(N3CC4CNC(=O)NC4C3)nccc2cc1C(N)=O. The number of rotatable bonds is 4.